The van der Waals surface area contributed by atoms with Crippen molar-refractivity contribution in [3.8, 4) is 5.75 Å². The first-order valence-electron chi connectivity index (χ1n) is 6.82. The Morgan fingerprint density at radius 1 is 1.29 bits per heavy atom. The molecule has 3 heterocycles. The second kappa shape index (κ2) is 3.97. The molecule has 1 aromatic heterocycles. The standard InChI is InChI=1S/C16H14N2O3/c1-17-6-5-11-10-4-3-9(21-2)7-12(10)18-15(11)13(17)8-14(19)16(18)20/h3-7,13H,8H2,1-2H3. The van der Waals surface area contributed by atoms with Crippen LogP contribution in [0.25, 0.3) is 17.0 Å². The number of aromatic nitrogens is 1. The number of rotatable bonds is 1. The molecular formula is C16H14N2O3. The van der Waals surface area contributed by atoms with Gasteiger partial charge in [0.2, 0.25) is 5.78 Å². The van der Waals surface area contributed by atoms with Crippen molar-refractivity contribution in [3.05, 3.63) is 35.7 Å². The third kappa shape index (κ3) is 1.46. The Balaban J connectivity index is 2.14. The predicted molar refractivity (Wildman–Crippen MR) is 78.3 cm³/mol. The van der Waals surface area contributed by atoms with Crippen molar-refractivity contribution in [2.45, 2.75) is 12.5 Å². The molecule has 2 aromatic rings. The molecule has 1 atom stereocenters. The third-order valence-corrected chi connectivity index (χ3v) is 4.36. The zero-order chi connectivity index (χ0) is 14.7. The van der Waals surface area contributed by atoms with Crippen molar-refractivity contribution >= 4 is 28.7 Å². The number of benzene rings is 1. The zero-order valence-electron chi connectivity index (χ0n) is 11.8. The zero-order valence-corrected chi connectivity index (χ0v) is 11.8. The van der Waals surface area contributed by atoms with Gasteiger partial charge in [0.05, 0.1) is 24.4 Å². The summed E-state index contributed by atoms with van der Waals surface area (Å²) >= 11 is 0. The number of hydrogen-bond donors (Lipinski definition) is 0. The number of ether oxygens (including phenoxy) is 1. The molecule has 1 unspecified atom stereocenters. The van der Waals surface area contributed by atoms with Gasteiger partial charge < -0.3 is 9.64 Å². The van der Waals surface area contributed by atoms with Gasteiger partial charge in [-0.25, -0.2) is 0 Å². The summed E-state index contributed by atoms with van der Waals surface area (Å²) in [7, 11) is 3.51. The number of methoxy groups -OCH3 is 1. The van der Waals surface area contributed by atoms with E-state index in [4.69, 9.17) is 4.74 Å². The maximum absolute atomic E-state index is 12.4. The largest absolute Gasteiger partial charge is 0.497 e. The van der Waals surface area contributed by atoms with Crippen LogP contribution in [-0.4, -0.2) is 35.3 Å². The summed E-state index contributed by atoms with van der Waals surface area (Å²) in [5, 5.41) is 0.975. The summed E-state index contributed by atoms with van der Waals surface area (Å²) in [5.74, 6) is -0.122. The highest BCUT2D eigenvalue weighted by atomic mass is 16.5. The topological polar surface area (TPSA) is 51.5 Å². The number of carbonyl (C=O) groups excluding carboxylic acids is 2. The van der Waals surface area contributed by atoms with E-state index in [0.29, 0.717) is 5.75 Å². The molecule has 0 N–H and O–H groups in total. The van der Waals surface area contributed by atoms with Crippen LogP contribution in [0.15, 0.2) is 24.4 Å². The van der Waals surface area contributed by atoms with Gasteiger partial charge >= 0.3 is 0 Å². The van der Waals surface area contributed by atoms with Crippen LogP contribution in [0.2, 0.25) is 0 Å². The van der Waals surface area contributed by atoms with Crippen LogP contribution in [0.3, 0.4) is 0 Å². The molecule has 4 rings (SSSR count). The first-order chi connectivity index (χ1) is 10.1. The molecule has 0 saturated carbocycles. The molecule has 0 radical (unpaired) electrons. The maximum Gasteiger partial charge on any atom is 0.298 e. The van der Waals surface area contributed by atoms with E-state index >= 15 is 0 Å². The van der Waals surface area contributed by atoms with Gasteiger partial charge in [0, 0.05) is 36.7 Å². The Morgan fingerprint density at radius 2 is 2.10 bits per heavy atom. The van der Waals surface area contributed by atoms with E-state index in [1.54, 1.807) is 11.7 Å². The second-order valence-electron chi connectivity index (χ2n) is 5.45. The Bertz CT molecular complexity index is 832. The molecule has 0 fully saturated rings. The minimum atomic E-state index is -0.450. The summed E-state index contributed by atoms with van der Waals surface area (Å²) in [6, 6.07) is 5.56. The van der Waals surface area contributed by atoms with Crippen molar-refractivity contribution in [1.82, 2.24) is 9.47 Å². The van der Waals surface area contributed by atoms with Gasteiger partial charge in [0.1, 0.15) is 5.75 Å². The highest BCUT2D eigenvalue weighted by Crippen LogP contribution is 2.41. The van der Waals surface area contributed by atoms with Gasteiger partial charge in [-0.2, -0.15) is 0 Å². The summed E-state index contributed by atoms with van der Waals surface area (Å²) < 4.78 is 6.80. The number of nitrogens with zero attached hydrogens (tertiary/aromatic N) is 2. The van der Waals surface area contributed by atoms with Gasteiger partial charge in [0.25, 0.3) is 5.91 Å². The van der Waals surface area contributed by atoms with Crippen molar-refractivity contribution in [1.29, 1.82) is 0 Å². The van der Waals surface area contributed by atoms with E-state index in [0.717, 1.165) is 22.2 Å². The molecule has 2 aliphatic rings. The first-order valence-corrected chi connectivity index (χ1v) is 6.82. The van der Waals surface area contributed by atoms with Crippen molar-refractivity contribution in [2.75, 3.05) is 14.2 Å². The Hall–Kier alpha value is -2.56. The Labute approximate surface area is 121 Å². The molecular weight excluding hydrogens is 268 g/mol. The number of fused-ring (bicyclic) bond motifs is 3. The second-order valence-corrected chi connectivity index (χ2v) is 5.45. The van der Waals surface area contributed by atoms with Crippen LogP contribution in [0.4, 0.5) is 0 Å². The van der Waals surface area contributed by atoms with Crippen LogP contribution in [0, 0.1) is 0 Å². The predicted octanol–water partition coefficient (Wildman–Crippen LogP) is 2.22. The van der Waals surface area contributed by atoms with Crippen molar-refractivity contribution < 1.29 is 14.3 Å². The fourth-order valence-corrected chi connectivity index (χ4v) is 3.28. The first kappa shape index (κ1) is 12.2. The highest BCUT2D eigenvalue weighted by Gasteiger charge is 2.38. The lowest BCUT2D eigenvalue weighted by Gasteiger charge is -2.33. The third-order valence-electron chi connectivity index (χ3n) is 4.36. The summed E-state index contributed by atoms with van der Waals surface area (Å²) in [4.78, 5) is 26.4. The molecule has 0 aliphatic carbocycles. The molecule has 0 saturated heterocycles. The molecule has 2 aliphatic heterocycles. The summed E-state index contributed by atoms with van der Waals surface area (Å²) in [6.45, 7) is 0. The molecule has 0 amide bonds. The van der Waals surface area contributed by atoms with Crippen LogP contribution in [-0.2, 0) is 4.79 Å². The lowest BCUT2D eigenvalue weighted by atomic mass is 9.95. The lowest BCUT2D eigenvalue weighted by molar-refractivity contribution is -0.117. The number of ketones is 1. The molecule has 106 valence electrons. The smallest absolute Gasteiger partial charge is 0.298 e. The minimum Gasteiger partial charge on any atom is -0.497 e. The number of hydrogen-bond acceptors (Lipinski definition) is 4. The Morgan fingerprint density at radius 3 is 2.86 bits per heavy atom. The van der Waals surface area contributed by atoms with Crippen LogP contribution < -0.4 is 4.74 Å². The van der Waals surface area contributed by atoms with E-state index in [1.807, 2.05) is 42.4 Å². The van der Waals surface area contributed by atoms with E-state index in [1.165, 1.54) is 0 Å². The lowest BCUT2D eigenvalue weighted by Crippen LogP contribution is -2.37. The van der Waals surface area contributed by atoms with Crippen LogP contribution in [0.1, 0.15) is 28.5 Å². The van der Waals surface area contributed by atoms with Gasteiger partial charge in [-0.05, 0) is 18.2 Å². The van der Waals surface area contributed by atoms with Crippen LogP contribution >= 0.6 is 0 Å². The average molecular weight is 282 g/mol. The minimum absolute atomic E-state index is 0.0754. The molecule has 1 aromatic carbocycles. The monoisotopic (exact) mass is 282 g/mol. The quantitative estimate of drug-likeness (QED) is 0.753. The van der Waals surface area contributed by atoms with Crippen LogP contribution in [0.5, 0.6) is 5.75 Å². The average Bonchev–Trinajstić information content (AvgIpc) is 2.82. The van der Waals surface area contributed by atoms with Gasteiger partial charge in [0.15, 0.2) is 0 Å². The fourth-order valence-electron chi connectivity index (χ4n) is 3.28. The van der Waals surface area contributed by atoms with E-state index < -0.39 is 5.91 Å². The van der Waals surface area contributed by atoms with Gasteiger partial charge in [-0.1, -0.05) is 0 Å². The Kier molecular flexibility index (Phi) is 2.31. The van der Waals surface area contributed by atoms with Crippen molar-refractivity contribution in [3.63, 3.8) is 0 Å². The molecule has 5 heteroatoms. The summed E-state index contributed by atoms with van der Waals surface area (Å²) in [5.41, 5.74) is 2.67. The highest BCUT2D eigenvalue weighted by molar-refractivity contribution is 6.39. The van der Waals surface area contributed by atoms with E-state index in [-0.39, 0.29) is 18.2 Å². The maximum atomic E-state index is 12.4. The SMILES string of the molecule is COc1ccc2c3c4n(c2c1)C(=O)C(=O)CC4N(C)C=C3. The number of Topliss-reactive ketones (excluding diaryl/α,β-unsaturated/α-hetero) is 1. The fraction of sp³-hybridized carbons (Fsp3) is 0.250. The number of carbonyl (C=O) groups is 2. The summed E-state index contributed by atoms with van der Waals surface area (Å²) in [6.07, 6.45) is 4.20. The normalized spacial score (nSPS) is 20.1. The van der Waals surface area contributed by atoms with E-state index in [2.05, 4.69) is 0 Å². The molecule has 5 nitrogen and oxygen atoms in total. The van der Waals surface area contributed by atoms with Crippen molar-refractivity contribution in [2.24, 2.45) is 0 Å². The molecule has 0 bridgehead atoms. The van der Waals surface area contributed by atoms with E-state index in [9.17, 15) is 9.59 Å². The van der Waals surface area contributed by atoms with Gasteiger partial charge in [-0.3, -0.25) is 14.2 Å². The molecule has 0 spiro atoms. The van der Waals surface area contributed by atoms with Gasteiger partial charge in [-0.15, -0.1) is 0 Å². The molecule has 21 heavy (non-hydrogen) atoms.